The topological polar surface area (TPSA) is 121 Å². The van der Waals surface area contributed by atoms with E-state index in [1.807, 2.05) is 32.9 Å². The van der Waals surface area contributed by atoms with Crippen LogP contribution in [-0.2, 0) is 28.7 Å². The maximum Gasteiger partial charge on any atom is 0.307 e. The molecule has 1 aromatic rings. The number of ketones is 1. The molecule has 2 rings (SSSR count). The zero-order chi connectivity index (χ0) is 36.2. The van der Waals surface area contributed by atoms with E-state index in [1.54, 1.807) is 31.2 Å². The van der Waals surface area contributed by atoms with Crippen molar-refractivity contribution in [1.82, 2.24) is 0 Å². The van der Waals surface area contributed by atoms with Crippen LogP contribution in [-0.4, -0.2) is 56.8 Å². The molecule has 0 bridgehead atoms. The molecule has 0 saturated carbocycles. The van der Waals surface area contributed by atoms with Crippen LogP contribution >= 0.6 is 0 Å². The fourth-order valence-corrected chi connectivity index (χ4v) is 4.09. The number of unbranched alkanes of at least 4 members (excludes halogenated alkanes) is 3. The van der Waals surface area contributed by atoms with E-state index in [2.05, 4.69) is 58.8 Å². The summed E-state index contributed by atoms with van der Waals surface area (Å²) < 4.78 is 9.83. The van der Waals surface area contributed by atoms with Crippen LogP contribution in [0.2, 0.25) is 0 Å². The summed E-state index contributed by atoms with van der Waals surface area (Å²) in [5.74, 6) is -0.774. The average Bonchev–Trinajstić information content (AvgIpc) is 3.41. The number of nitrogens with two attached hydrogens (primary N) is 1. The van der Waals surface area contributed by atoms with Crippen LogP contribution in [0, 0.1) is 0 Å². The van der Waals surface area contributed by atoms with Gasteiger partial charge < -0.3 is 24.9 Å². The van der Waals surface area contributed by atoms with Gasteiger partial charge in [-0.1, -0.05) is 92.4 Å². The highest BCUT2D eigenvalue weighted by molar-refractivity contribution is 6.08. The lowest BCUT2D eigenvalue weighted by atomic mass is 10.1. The highest BCUT2D eigenvalue weighted by atomic mass is 16.6. The molecular formula is C39H55N3O6. The molecule has 0 aliphatic carbocycles. The minimum absolute atomic E-state index is 0.208. The molecule has 0 atom stereocenters. The number of benzene rings is 1. The molecule has 1 aliphatic heterocycles. The van der Waals surface area contributed by atoms with Crippen molar-refractivity contribution >= 4 is 34.6 Å². The summed E-state index contributed by atoms with van der Waals surface area (Å²) in [6.45, 7) is 21.6. The van der Waals surface area contributed by atoms with Crippen LogP contribution in [0.15, 0.2) is 109 Å². The molecule has 1 amide bonds. The molecular weight excluding hydrogens is 606 g/mol. The van der Waals surface area contributed by atoms with Crippen LogP contribution in [0.5, 0.6) is 0 Å². The number of oxime groups is 1. The van der Waals surface area contributed by atoms with E-state index >= 15 is 0 Å². The van der Waals surface area contributed by atoms with E-state index < -0.39 is 5.91 Å². The molecule has 0 fully saturated rings. The van der Waals surface area contributed by atoms with Crippen molar-refractivity contribution in [2.45, 2.75) is 66.2 Å². The van der Waals surface area contributed by atoms with Crippen LogP contribution < -0.4 is 10.6 Å². The van der Waals surface area contributed by atoms with Gasteiger partial charge in [0.25, 0.3) is 0 Å². The maximum atomic E-state index is 11.3. The van der Waals surface area contributed by atoms with Crippen molar-refractivity contribution in [2.75, 3.05) is 38.3 Å². The zero-order valence-electron chi connectivity index (χ0n) is 29.5. The lowest BCUT2D eigenvalue weighted by molar-refractivity contribution is -0.141. The third kappa shape index (κ3) is 20.4. The summed E-state index contributed by atoms with van der Waals surface area (Å²) >= 11 is 0. The predicted molar refractivity (Wildman–Crippen MR) is 198 cm³/mol. The van der Waals surface area contributed by atoms with E-state index in [0.717, 1.165) is 43.8 Å². The van der Waals surface area contributed by atoms with E-state index in [-0.39, 0.29) is 31.4 Å². The first-order valence-corrected chi connectivity index (χ1v) is 16.1. The van der Waals surface area contributed by atoms with Crippen LogP contribution in [0.3, 0.4) is 0 Å². The smallest absolute Gasteiger partial charge is 0.307 e. The second kappa shape index (κ2) is 27.4. The third-order valence-electron chi connectivity index (χ3n) is 6.74. The molecule has 0 spiro atoms. The first kappa shape index (κ1) is 43.2. The second-order valence-corrected chi connectivity index (χ2v) is 10.6. The van der Waals surface area contributed by atoms with Gasteiger partial charge in [0.1, 0.15) is 6.61 Å². The molecule has 0 radical (unpaired) electrons. The molecule has 0 aromatic heterocycles. The molecule has 262 valence electrons. The van der Waals surface area contributed by atoms with Crippen molar-refractivity contribution in [3.8, 4) is 0 Å². The third-order valence-corrected chi connectivity index (χ3v) is 6.74. The Morgan fingerprint density at radius 1 is 1.00 bits per heavy atom. The van der Waals surface area contributed by atoms with Gasteiger partial charge in [0.2, 0.25) is 5.91 Å². The number of hydrogen-bond acceptors (Lipinski definition) is 8. The number of carbonyl (C=O) groups excluding carboxylic acids is 3. The highest BCUT2D eigenvalue weighted by Gasteiger charge is 2.20. The van der Waals surface area contributed by atoms with Gasteiger partial charge >= 0.3 is 5.97 Å². The summed E-state index contributed by atoms with van der Waals surface area (Å²) in [5, 5.41) is 4.10. The van der Waals surface area contributed by atoms with E-state index in [1.165, 1.54) is 43.2 Å². The first-order chi connectivity index (χ1) is 23.0. The Hall–Kier alpha value is -4.76. The first-order valence-electron chi connectivity index (χ1n) is 16.1. The quantitative estimate of drug-likeness (QED) is 0.0235. The molecule has 9 heteroatoms. The van der Waals surface area contributed by atoms with Gasteiger partial charge in [-0.25, -0.2) is 0 Å². The highest BCUT2D eigenvalue weighted by Crippen LogP contribution is 2.34. The molecule has 2 N–H and O–H groups in total. The molecule has 1 heterocycles. The summed E-state index contributed by atoms with van der Waals surface area (Å²) in [4.78, 5) is 40.4. The van der Waals surface area contributed by atoms with Crippen molar-refractivity contribution < 1.29 is 28.7 Å². The lowest BCUT2D eigenvalue weighted by Gasteiger charge is -2.18. The Balaban J connectivity index is 0.00000102. The number of hydrogen-bond donors (Lipinski definition) is 1. The van der Waals surface area contributed by atoms with Crippen molar-refractivity contribution in [1.29, 1.82) is 0 Å². The van der Waals surface area contributed by atoms with Gasteiger partial charge in [0.15, 0.2) is 11.5 Å². The van der Waals surface area contributed by atoms with Gasteiger partial charge in [-0.3, -0.25) is 14.4 Å². The number of para-hydroxylation sites is 1. The second-order valence-electron chi connectivity index (χ2n) is 10.6. The molecule has 48 heavy (non-hydrogen) atoms. The number of nitrogens with zero attached hydrogens (tertiary/aromatic N) is 2. The van der Waals surface area contributed by atoms with E-state index in [0.29, 0.717) is 11.3 Å². The maximum absolute atomic E-state index is 11.3. The molecule has 1 aromatic carbocycles. The number of amides is 1. The normalized spacial score (nSPS) is 12.7. The average molecular weight is 662 g/mol. The van der Waals surface area contributed by atoms with Gasteiger partial charge in [0.05, 0.1) is 25.8 Å². The minimum Gasteiger partial charge on any atom is -0.469 e. The Kier molecular flexibility index (Phi) is 24.6. The largest absolute Gasteiger partial charge is 0.469 e. The number of carbonyl (C=O) groups is 3. The van der Waals surface area contributed by atoms with Crippen LogP contribution in [0.25, 0.3) is 5.57 Å². The SMILES string of the molecule is C/C=C\C.C=C(COCCC(=O)OC)O/N=C(\C)CCCCCCN1CC(=C)c2ccccc21.C=C/C=C\C(=C/C)C(=O)/C=C/C(N)=O. The molecule has 0 unspecified atom stereocenters. The zero-order valence-corrected chi connectivity index (χ0v) is 29.5. The van der Waals surface area contributed by atoms with Crippen molar-refractivity contribution in [3.63, 3.8) is 0 Å². The minimum atomic E-state index is -0.637. The van der Waals surface area contributed by atoms with Gasteiger partial charge in [-0.15, -0.1) is 0 Å². The fourth-order valence-electron chi connectivity index (χ4n) is 4.09. The monoisotopic (exact) mass is 661 g/mol. The molecule has 9 nitrogen and oxygen atoms in total. The lowest BCUT2D eigenvalue weighted by Crippen LogP contribution is -2.21. The Bertz CT molecular complexity index is 1330. The van der Waals surface area contributed by atoms with Crippen molar-refractivity contribution in [2.24, 2.45) is 10.9 Å². The fraction of sp³-hybridized carbons (Fsp3) is 0.385. The number of esters is 1. The van der Waals surface area contributed by atoms with Gasteiger partial charge in [-0.2, -0.15) is 0 Å². The van der Waals surface area contributed by atoms with Crippen LogP contribution in [0.4, 0.5) is 5.69 Å². The number of primary amides is 1. The summed E-state index contributed by atoms with van der Waals surface area (Å²) in [7, 11) is 1.35. The predicted octanol–water partition coefficient (Wildman–Crippen LogP) is 7.82. The Labute approximate surface area is 287 Å². The number of allylic oxidation sites excluding steroid dienone is 8. The number of ether oxygens (including phenoxy) is 2. The van der Waals surface area contributed by atoms with E-state index in [4.69, 9.17) is 15.3 Å². The number of fused-ring (bicyclic) bond motifs is 1. The number of anilines is 1. The summed E-state index contributed by atoms with van der Waals surface area (Å²) in [6.07, 6.45) is 18.4. The number of methoxy groups -OCH3 is 1. The Morgan fingerprint density at radius 3 is 2.31 bits per heavy atom. The number of rotatable bonds is 19. The summed E-state index contributed by atoms with van der Waals surface area (Å²) in [6, 6.07) is 8.52. The standard InChI is InChI=1S/C24H34N2O4.C11H13NO2.C4H8/c1-19-17-26(23-13-9-8-12-22(19)23)15-10-6-5-7-11-20(2)25-30-21(3)18-29-16-14-24(27)28-4;1-3-5-6-9(4-2)10(13)7-8-11(12)14;1-3-4-2/h8-9,12-13H,1,3,5-7,10-11,14-18H2,2,4H3;3-8H,1H2,2H3,(H2,12,14);3-4H,1-2H3/b25-20+;6-5-,8-7+,9-4+;4-3-. The molecule has 1 aliphatic rings. The molecule has 0 saturated heterocycles. The van der Waals surface area contributed by atoms with Gasteiger partial charge in [0, 0.05) is 36.0 Å². The van der Waals surface area contributed by atoms with Crippen molar-refractivity contribution in [3.05, 3.63) is 110 Å². The van der Waals surface area contributed by atoms with Crippen LogP contribution in [0.1, 0.15) is 71.8 Å². The van der Waals surface area contributed by atoms with E-state index in [9.17, 15) is 14.4 Å². The Morgan fingerprint density at radius 2 is 1.69 bits per heavy atom. The summed E-state index contributed by atoms with van der Waals surface area (Å²) in [5.41, 5.74) is 10.1. The van der Waals surface area contributed by atoms with Gasteiger partial charge in [-0.05, 0) is 64.7 Å².